The molecule has 4 nitrogen and oxygen atoms in total. The minimum atomic E-state index is -0.0606. The van der Waals surface area contributed by atoms with Crippen LogP contribution in [0.2, 0.25) is 0 Å². The van der Waals surface area contributed by atoms with E-state index in [0.29, 0.717) is 6.42 Å². The molecule has 0 aliphatic carbocycles. The number of nitrogens with zero attached hydrogens (tertiary/aromatic N) is 1. The number of nitrogens with two attached hydrogens (primary N) is 1. The van der Waals surface area contributed by atoms with E-state index in [9.17, 15) is 4.79 Å². The molecule has 0 saturated carbocycles. The lowest BCUT2D eigenvalue weighted by atomic mass is 9.92. The third-order valence-electron chi connectivity index (χ3n) is 4.81. The zero-order chi connectivity index (χ0) is 15.5. The van der Waals surface area contributed by atoms with Crippen LogP contribution in [-0.4, -0.2) is 30.1 Å². The summed E-state index contributed by atoms with van der Waals surface area (Å²) in [6.07, 6.45) is 4.78. The van der Waals surface area contributed by atoms with E-state index >= 15 is 0 Å². The van der Waals surface area contributed by atoms with Crippen LogP contribution < -0.4 is 5.73 Å². The molecule has 2 aliphatic rings. The van der Waals surface area contributed by atoms with Crippen molar-refractivity contribution in [1.82, 2.24) is 4.90 Å². The molecule has 2 N–H and O–H groups in total. The van der Waals surface area contributed by atoms with E-state index in [1.807, 2.05) is 4.90 Å². The highest BCUT2D eigenvalue weighted by molar-refractivity contribution is 5.76. The van der Waals surface area contributed by atoms with E-state index in [-0.39, 0.29) is 18.1 Å². The number of benzene rings is 1. The van der Waals surface area contributed by atoms with Gasteiger partial charge in [0.1, 0.15) is 0 Å². The Bertz CT molecular complexity index is 538. The van der Waals surface area contributed by atoms with E-state index in [0.717, 1.165) is 50.9 Å². The summed E-state index contributed by atoms with van der Waals surface area (Å²) in [6.45, 7) is 4.43. The van der Waals surface area contributed by atoms with E-state index in [1.165, 1.54) is 11.1 Å². The van der Waals surface area contributed by atoms with Crippen molar-refractivity contribution in [2.24, 2.45) is 5.73 Å². The van der Waals surface area contributed by atoms with Crippen molar-refractivity contribution in [3.8, 4) is 0 Å². The maximum atomic E-state index is 12.1. The fraction of sp³-hybridized carbons (Fsp3) is 0.611. The molecule has 2 atom stereocenters. The molecular formula is C18H26N2O2. The normalized spacial score (nSPS) is 22.5. The Labute approximate surface area is 132 Å². The van der Waals surface area contributed by atoms with Crippen LogP contribution in [0.25, 0.3) is 0 Å². The molecule has 1 aromatic carbocycles. The van der Waals surface area contributed by atoms with Gasteiger partial charge in [-0.25, -0.2) is 0 Å². The van der Waals surface area contributed by atoms with Gasteiger partial charge in [-0.1, -0.05) is 25.1 Å². The number of carbonyl (C=O) groups excluding carboxylic acids is 1. The Morgan fingerprint density at radius 1 is 1.45 bits per heavy atom. The van der Waals surface area contributed by atoms with Gasteiger partial charge in [0.15, 0.2) is 0 Å². The molecule has 2 aliphatic heterocycles. The third kappa shape index (κ3) is 3.18. The topological polar surface area (TPSA) is 55.6 Å². The van der Waals surface area contributed by atoms with Gasteiger partial charge in [0.05, 0.1) is 12.1 Å². The highest BCUT2D eigenvalue weighted by Crippen LogP contribution is 2.28. The van der Waals surface area contributed by atoms with E-state index < -0.39 is 0 Å². The van der Waals surface area contributed by atoms with Gasteiger partial charge in [0.2, 0.25) is 5.91 Å². The van der Waals surface area contributed by atoms with E-state index in [1.54, 1.807) is 0 Å². The predicted octanol–water partition coefficient (Wildman–Crippen LogP) is 2.55. The fourth-order valence-electron chi connectivity index (χ4n) is 3.47. The Morgan fingerprint density at radius 3 is 3.05 bits per heavy atom. The van der Waals surface area contributed by atoms with Crippen molar-refractivity contribution in [2.75, 3.05) is 13.2 Å². The summed E-state index contributed by atoms with van der Waals surface area (Å²) in [7, 11) is 0. The van der Waals surface area contributed by atoms with Crippen molar-refractivity contribution in [3.05, 3.63) is 34.9 Å². The van der Waals surface area contributed by atoms with Crippen molar-refractivity contribution in [2.45, 2.75) is 57.7 Å². The standard InChI is InChI=1S/C18H26N2O2/c1-2-4-17(21)20-9-8-13-6-7-14(11-15(13)12-20)18(19)16-5-3-10-22-16/h6-7,11,16,18H,2-5,8-10,12,19H2,1H3. The van der Waals surface area contributed by atoms with Gasteiger partial charge in [-0.05, 0) is 42.4 Å². The second-order valence-corrected chi connectivity index (χ2v) is 6.42. The van der Waals surface area contributed by atoms with Crippen LogP contribution in [0.4, 0.5) is 0 Å². The molecule has 0 aromatic heterocycles. The van der Waals surface area contributed by atoms with Crippen LogP contribution in [0.3, 0.4) is 0 Å². The van der Waals surface area contributed by atoms with E-state index in [2.05, 4.69) is 25.1 Å². The molecule has 0 radical (unpaired) electrons. The smallest absolute Gasteiger partial charge is 0.222 e. The van der Waals surface area contributed by atoms with Crippen LogP contribution >= 0.6 is 0 Å². The molecule has 1 amide bonds. The van der Waals surface area contributed by atoms with Crippen LogP contribution in [0.15, 0.2) is 18.2 Å². The van der Waals surface area contributed by atoms with Crippen LogP contribution in [0.5, 0.6) is 0 Å². The van der Waals surface area contributed by atoms with Gasteiger partial charge in [0.25, 0.3) is 0 Å². The number of carbonyl (C=O) groups is 1. The molecule has 1 aromatic rings. The van der Waals surface area contributed by atoms with Gasteiger partial charge in [-0.3, -0.25) is 4.79 Å². The monoisotopic (exact) mass is 302 g/mol. The fourth-order valence-corrected chi connectivity index (χ4v) is 3.47. The molecule has 4 heteroatoms. The average molecular weight is 302 g/mol. The lowest BCUT2D eigenvalue weighted by molar-refractivity contribution is -0.132. The first-order valence-corrected chi connectivity index (χ1v) is 8.45. The number of hydrogen-bond acceptors (Lipinski definition) is 3. The molecular weight excluding hydrogens is 276 g/mol. The Balaban J connectivity index is 1.75. The first-order valence-electron chi connectivity index (χ1n) is 8.45. The van der Waals surface area contributed by atoms with Gasteiger partial charge in [0, 0.05) is 26.1 Å². The largest absolute Gasteiger partial charge is 0.376 e. The summed E-state index contributed by atoms with van der Waals surface area (Å²) in [5.74, 6) is 0.266. The summed E-state index contributed by atoms with van der Waals surface area (Å²) in [5, 5.41) is 0. The van der Waals surface area contributed by atoms with Gasteiger partial charge in [-0.15, -0.1) is 0 Å². The molecule has 2 unspecified atom stereocenters. The second-order valence-electron chi connectivity index (χ2n) is 6.42. The van der Waals surface area contributed by atoms with Gasteiger partial charge in [-0.2, -0.15) is 0 Å². The summed E-state index contributed by atoms with van der Waals surface area (Å²) in [5.41, 5.74) is 10.1. The predicted molar refractivity (Wildman–Crippen MR) is 86.4 cm³/mol. The number of rotatable bonds is 4. The Morgan fingerprint density at radius 2 is 2.32 bits per heavy atom. The minimum absolute atomic E-state index is 0.0606. The zero-order valence-corrected chi connectivity index (χ0v) is 13.4. The van der Waals surface area contributed by atoms with Gasteiger partial charge >= 0.3 is 0 Å². The summed E-state index contributed by atoms with van der Waals surface area (Å²) in [4.78, 5) is 14.1. The first kappa shape index (κ1) is 15.5. The number of ether oxygens (including phenoxy) is 1. The molecule has 0 bridgehead atoms. The quantitative estimate of drug-likeness (QED) is 0.930. The van der Waals surface area contributed by atoms with Crippen molar-refractivity contribution < 1.29 is 9.53 Å². The second kappa shape index (κ2) is 6.80. The lowest BCUT2D eigenvalue weighted by Gasteiger charge is -2.30. The summed E-state index contributed by atoms with van der Waals surface area (Å²) < 4.78 is 5.71. The first-order chi connectivity index (χ1) is 10.7. The van der Waals surface area contributed by atoms with Gasteiger partial charge < -0.3 is 15.4 Å². The zero-order valence-electron chi connectivity index (χ0n) is 13.4. The molecule has 1 saturated heterocycles. The maximum absolute atomic E-state index is 12.1. The maximum Gasteiger partial charge on any atom is 0.222 e. The van der Waals surface area contributed by atoms with Crippen molar-refractivity contribution >= 4 is 5.91 Å². The van der Waals surface area contributed by atoms with Crippen LogP contribution in [-0.2, 0) is 22.5 Å². The number of fused-ring (bicyclic) bond motifs is 1. The Hall–Kier alpha value is -1.39. The molecule has 3 rings (SSSR count). The Kier molecular flexibility index (Phi) is 4.79. The molecule has 120 valence electrons. The SMILES string of the molecule is CCCC(=O)N1CCc2ccc(C(N)C3CCCO3)cc2C1. The molecule has 1 fully saturated rings. The van der Waals surface area contributed by atoms with E-state index in [4.69, 9.17) is 10.5 Å². The van der Waals surface area contributed by atoms with Crippen molar-refractivity contribution in [1.29, 1.82) is 0 Å². The lowest BCUT2D eigenvalue weighted by Crippen LogP contribution is -2.36. The number of amides is 1. The van der Waals surface area contributed by atoms with Crippen LogP contribution in [0, 0.1) is 0 Å². The highest BCUT2D eigenvalue weighted by Gasteiger charge is 2.26. The summed E-state index contributed by atoms with van der Waals surface area (Å²) >= 11 is 0. The number of hydrogen-bond donors (Lipinski definition) is 1. The highest BCUT2D eigenvalue weighted by atomic mass is 16.5. The minimum Gasteiger partial charge on any atom is -0.376 e. The van der Waals surface area contributed by atoms with Crippen molar-refractivity contribution in [3.63, 3.8) is 0 Å². The average Bonchev–Trinajstić information content (AvgIpc) is 3.07. The summed E-state index contributed by atoms with van der Waals surface area (Å²) in [6, 6.07) is 6.44. The molecule has 22 heavy (non-hydrogen) atoms. The molecule has 2 heterocycles. The molecule has 0 spiro atoms. The van der Waals surface area contributed by atoms with Crippen LogP contribution in [0.1, 0.15) is 55.3 Å². The third-order valence-corrected chi connectivity index (χ3v) is 4.81.